The van der Waals surface area contributed by atoms with Crippen LogP contribution in [-0.4, -0.2) is 36.3 Å². The number of halogens is 3. The van der Waals surface area contributed by atoms with Crippen molar-refractivity contribution in [3.05, 3.63) is 28.7 Å². The molecule has 7 nitrogen and oxygen atoms in total. The van der Waals surface area contributed by atoms with Crippen LogP contribution >= 0.6 is 0 Å². The summed E-state index contributed by atoms with van der Waals surface area (Å²) in [7, 11) is 0.949. The van der Waals surface area contributed by atoms with Crippen molar-refractivity contribution >= 4 is 17.6 Å². The Balaban J connectivity index is 2.97. The van der Waals surface area contributed by atoms with Crippen molar-refractivity contribution in [2.45, 2.75) is 18.6 Å². The highest BCUT2D eigenvalue weighted by Crippen LogP contribution is 2.27. The second-order valence-corrected chi connectivity index (χ2v) is 4.17. The monoisotopic (exact) mass is 320 g/mol. The number of nitrogens with zero attached hydrogens (tertiary/aromatic N) is 1. The number of benzene rings is 1. The lowest BCUT2D eigenvalue weighted by atomic mass is 10.0. The first-order chi connectivity index (χ1) is 10.2. The minimum Gasteiger partial charge on any atom is -0.506 e. The largest absolute Gasteiger partial charge is 0.506 e. The number of methoxy groups -OCH3 is 1. The number of phenols is 1. The number of ether oxygens (including phenoxy) is 1. The molecule has 2 N–H and O–H groups in total. The van der Waals surface area contributed by atoms with Crippen molar-refractivity contribution in [1.29, 1.82) is 0 Å². The summed E-state index contributed by atoms with van der Waals surface area (Å²) < 4.78 is 41.0. The number of alkyl halides is 3. The van der Waals surface area contributed by atoms with Gasteiger partial charge >= 0.3 is 18.1 Å². The molecule has 0 saturated carbocycles. The topological polar surface area (TPSA) is 105 Å². The van der Waals surface area contributed by atoms with Crippen molar-refractivity contribution in [3.8, 4) is 5.75 Å². The van der Waals surface area contributed by atoms with Crippen LogP contribution in [0.5, 0.6) is 5.75 Å². The maximum absolute atomic E-state index is 12.2. The van der Waals surface area contributed by atoms with E-state index >= 15 is 0 Å². The van der Waals surface area contributed by atoms with Gasteiger partial charge in [0.25, 0.3) is 0 Å². The van der Waals surface area contributed by atoms with E-state index in [0.29, 0.717) is 0 Å². The third-order valence-corrected chi connectivity index (χ3v) is 2.63. The second kappa shape index (κ2) is 6.87. The molecule has 1 atom stereocenters. The van der Waals surface area contributed by atoms with E-state index in [0.717, 1.165) is 19.2 Å². The van der Waals surface area contributed by atoms with Gasteiger partial charge in [0.1, 0.15) is 17.5 Å². The average Bonchev–Trinajstić information content (AvgIpc) is 2.46. The Labute approximate surface area is 122 Å². The van der Waals surface area contributed by atoms with Crippen molar-refractivity contribution in [3.63, 3.8) is 0 Å². The molecule has 1 aromatic carbocycles. The number of carbonyl (C=O) groups excluding carboxylic acids is 2. The number of hydrogen-bond donors (Lipinski definition) is 2. The maximum atomic E-state index is 12.2. The Hall–Kier alpha value is -2.65. The van der Waals surface area contributed by atoms with Crippen LogP contribution in [0.4, 0.5) is 18.9 Å². The molecule has 0 fully saturated rings. The van der Waals surface area contributed by atoms with Gasteiger partial charge in [-0.05, 0) is 22.9 Å². The molecule has 120 valence electrons. The first kappa shape index (κ1) is 17.4. The predicted octanol–water partition coefficient (Wildman–Crippen LogP) is 1.55. The fourth-order valence-corrected chi connectivity index (χ4v) is 1.58. The van der Waals surface area contributed by atoms with Crippen LogP contribution in [-0.2, 0) is 20.7 Å². The zero-order chi connectivity index (χ0) is 16.9. The normalized spacial score (nSPS) is 12.4. The molecular weight excluding hydrogens is 309 g/mol. The molecule has 1 amide bonds. The van der Waals surface area contributed by atoms with Crippen LogP contribution in [0.2, 0.25) is 0 Å². The molecular formula is C12H11F3N2O5. The molecule has 0 aliphatic carbocycles. The summed E-state index contributed by atoms with van der Waals surface area (Å²) in [6, 6.07) is 1.83. The number of hydrogen-bond acceptors (Lipinski definition) is 6. The lowest BCUT2D eigenvalue weighted by Gasteiger charge is -2.17. The molecule has 0 spiro atoms. The zero-order valence-corrected chi connectivity index (χ0v) is 11.2. The van der Waals surface area contributed by atoms with Crippen LogP contribution in [0.25, 0.3) is 0 Å². The third kappa shape index (κ3) is 4.43. The minimum absolute atomic E-state index is 0.199. The van der Waals surface area contributed by atoms with Gasteiger partial charge in [-0.25, -0.2) is 4.79 Å². The molecule has 0 aromatic heterocycles. The lowest BCUT2D eigenvalue weighted by molar-refractivity contribution is -0.175. The molecule has 0 bridgehead atoms. The first-order valence-corrected chi connectivity index (χ1v) is 5.79. The molecule has 22 heavy (non-hydrogen) atoms. The molecule has 1 unspecified atom stereocenters. The highest BCUT2D eigenvalue weighted by atomic mass is 19.4. The summed E-state index contributed by atoms with van der Waals surface area (Å²) in [5, 5.41) is 13.3. The van der Waals surface area contributed by atoms with E-state index in [9.17, 15) is 32.8 Å². The van der Waals surface area contributed by atoms with E-state index in [2.05, 4.69) is 9.91 Å². The van der Waals surface area contributed by atoms with Crippen LogP contribution in [0.3, 0.4) is 0 Å². The minimum atomic E-state index is -5.16. The Morgan fingerprint density at radius 1 is 1.41 bits per heavy atom. The number of esters is 1. The Morgan fingerprint density at radius 2 is 2.05 bits per heavy atom. The van der Waals surface area contributed by atoms with E-state index in [1.165, 1.54) is 11.4 Å². The molecule has 0 aliphatic rings. The highest BCUT2D eigenvalue weighted by Gasteiger charge is 2.41. The zero-order valence-electron chi connectivity index (χ0n) is 11.2. The molecule has 1 aromatic rings. The Morgan fingerprint density at radius 3 is 2.55 bits per heavy atom. The number of rotatable bonds is 5. The molecule has 0 saturated heterocycles. The number of nitrogens with one attached hydrogen (secondary N) is 1. The van der Waals surface area contributed by atoms with Gasteiger partial charge in [0.2, 0.25) is 0 Å². The van der Waals surface area contributed by atoms with E-state index in [1.54, 1.807) is 0 Å². The SMILES string of the molecule is COC(=O)C(Cc1ccc(O)c(N=O)c1)NC(=O)C(F)(F)F. The number of carbonyl (C=O) groups is 2. The van der Waals surface area contributed by atoms with Gasteiger partial charge in [-0.3, -0.25) is 4.79 Å². The fourth-order valence-electron chi connectivity index (χ4n) is 1.58. The smallest absolute Gasteiger partial charge is 0.471 e. The molecule has 0 radical (unpaired) electrons. The third-order valence-electron chi connectivity index (χ3n) is 2.63. The average molecular weight is 320 g/mol. The molecule has 10 heteroatoms. The Kier molecular flexibility index (Phi) is 5.44. The second-order valence-electron chi connectivity index (χ2n) is 4.17. The quantitative estimate of drug-likeness (QED) is 0.632. The standard InChI is InChI=1S/C12H11F3N2O5/c1-22-10(19)8(16-11(20)12(13,14)15)5-6-2-3-9(18)7(4-6)17-21/h2-4,8,18H,5H2,1H3,(H,16,20). The summed E-state index contributed by atoms with van der Waals surface area (Å²) in [5.74, 6) is -3.81. The van der Waals surface area contributed by atoms with Crippen LogP contribution in [0.1, 0.15) is 5.56 Å². The summed E-state index contributed by atoms with van der Waals surface area (Å²) in [5.41, 5.74) is -0.145. The van der Waals surface area contributed by atoms with E-state index in [4.69, 9.17) is 0 Å². The van der Waals surface area contributed by atoms with Gasteiger partial charge < -0.3 is 15.2 Å². The summed E-state index contributed by atoms with van der Waals surface area (Å²) in [6.07, 6.45) is -5.53. The predicted molar refractivity (Wildman–Crippen MR) is 67.3 cm³/mol. The number of nitroso groups, excluding NO2 is 1. The van der Waals surface area contributed by atoms with E-state index < -0.39 is 29.8 Å². The van der Waals surface area contributed by atoms with E-state index in [-0.39, 0.29) is 17.7 Å². The molecule has 1 rings (SSSR count). The molecule has 0 heterocycles. The first-order valence-electron chi connectivity index (χ1n) is 5.79. The van der Waals surface area contributed by atoms with Gasteiger partial charge in [-0.15, -0.1) is 4.91 Å². The number of amides is 1. The van der Waals surface area contributed by atoms with Gasteiger partial charge in [0.05, 0.1) is 7.11 Å². The van der Waals surface area contributed by atoms with Crippen molar-refractivity contribution in [1.82, 2.24) is 5.32 Å². The summed E-state index contributed by atoms with van der Waals surface area (Å²) >= 11 is 0. The molecule has 0 aliphatic heterocycles. The van der Waals surface area contributed by atoms with Gasteiger partial charge in [0, 0.05) is 6.42 Å². The number of aromatic hydroxyl groups is 1. The maximum Gasteiger partial charge on any atom is 0.471 e. The highest BCUT2D eigenvalue weighted by molar-refractivity contribution is 5.87. The van der Waals surface area contributed by atoms with Gasteiger partial charge in [-0.2, -0.15) is 13.2 Å². The van der Waals surface area contributed by atoms with Crippen molar-refractivity contribution < 1.29 is 32.6 Å². The van der Waals surface area contributed by atoms with Crippen LogP contribution < -0.4 is 5.32 Å². The van der Waals surface area contributed by atoms with E-state index in [1.807, 2.05) is 0 Å². The van der Waals surface area contributed by atoms with Crippen LogP contribution in [0.15, 0.2) is 23.4 Å². The fraction of sp³-hybridized carbons (Fsp3) is 0.333. The summed E-state index contributed by atoms with van der Waals surface area (Å²) in [4.78, 5) is 32.8. The number of phenolic OH excluding ortho intramolecular Hbond substituents is 1. The van der Waals surface area contributed by atoms with Crippen LogP contribution in [0, 0.1) is 4.91 Å². The summed E-state index contributed by atoms with van der Waals surface area (Å²) in [6.45, 7) is 0. The van der Waals surface area contributed by atoms with Crippen molar-refractivity contribution in [2.75, 3.05) is 7.11 Å². The van der Waals surface area contributed by atoms with Crippen molar-refractivity contribution in [2.24, 2.45) is 5.18 Å². The van der Waals surface area contributed by atoms with Gasteiger partial charge in [-0.1, -0.05) is 6.07 Å². The lowest BCUT2D eigenvalue weighted by Crippen LogP contribution is -2.48. The Bertz CT molecular complexity index is 589. The van der Waals surface area contributed by atoms with Gasteiger partial charge in [0.15, 0.2) is 0 Å².